The van der Waals surface area contributed by atoms with E-state index in [0.717, 1.165) is 43.2 Å². The minimum Gasteiger partial charge on any atom is -0.378 e. The molecule has 0 spiro atoms. The molecule has 2 heterocycles. The van der Waals surface area contributed by atoms with Crippen LogP contribution in [0, 0.1) is 0 Å². The molecule has 1 aromatic rings. The van der Waals surface area contributed by atoms with Crippen LogP contribution in [-0.2, 0) is 21.5 Å². The molecule has 1 N–H and O–H groups in total. The molecular weight excluding hydrogens is 278 g/mol. The van der Waals surface area contributed by atoms with Crippen LogP contribution >= 0.6 is 0 Å². The highest BCUT2D eigenvalue weighted by Crippen LogP contribution is 2.24. The van der Waals surface area contributed by atoms with Crippen LogP contribution in [-0.4, -0.2) is 35.8 Å². The summed E-state index contributed by atoms with van der Waals surface area (Å²) >= 11 is 0. The zero-order chi connectivity index (χ0) is 16.2. The van der Waals surface area contributed by atoms with Crippen molar-refractivity contribution in [3.8, 4) is 0 Å². The molecule has 0 radical (unpaired) electrons. The molecule has 22 heavy (non-hydrogen) atoms. The number of methoxy groups -OCH3 is 1. The molecule has 1 saturated heterocycles. The summed E-state index contributed by atoms with van der Waals surface area (Å²) in [6.07, 6.45) is 3.56. The number of ether oxygens (including phenoxy) is 2. The van der Waals surface area contributed by atoms with Crippen LogP contribution in [0.4, 0.5) is 5.82 Å². The average molecular weight is 307 g/mol. The Bertz CT molecular complexity index is 479. The molecule has 2 unspecified atom stereocenters. The first-order valence-corrected chi connectivity index (χ1v) is 8.19. The van der Waals surface area contributed by atoms with Gasteiger partial charge in [-0.2, -0.15) is 0 Å². The third-order valence-corrected chi connectivity index (χ3v) is 3.93. The lowest BCUT2D eigenvalue weighted by molar-refractivity contribution is 0.0942. The van der Waals surface area contributed by atoms with Crippen LogP contribution in [0.15, 0.2) is 6.07 Å². The number of hydrogen-bond donors (Lipinski definition) is 1. The van der Waals surface area contributed by atoms with Crippen molar-refractivity contribution in [2.45, 2.75) is 71.1 Å². The molecule has 0 aromatic carbocycles. The molecule has 1 aliphatic heterocycles. The van der Waals surface area contributed by atoms with Crippen LogP contribution in [0.3, 0.4) is 0 Å². The molecule has 1 aliphatic rings. The maximum Gasteiger partial charge on any atom is 0.136 e. The van der Waals surface area contributed by atoms with E-state index in [2.05, 4.69) is 38.0 Å². The third-order valence-electron chi connectivity index (χ3n) is 3.93. The predicted molar refractivity (Wildman–Crippen MR) is 88.1 cm³/mol. The first-order chi connectivity index (χ1) is 10.4. The van der Waals surface area contributed by atoms with Gasteiger partial charge in [0.2, 0.25) is 0 Å². The Morgan fingerprint density at radius 2 is 2.18 bits per heavy atom. The van der Waals surface area contributed by atoms with Gasteiger partial charge in [0.1, 0.15) is 11.6 Å². The van der Waals surface area contributed by atoms with Crippen LogP contribution in [0.1, 0.15) is 58.5 Å². The van der Waals surface area contributed by atoms with Gasteiger partial charge < -0.3 is 14.8 Å². The summed E-state index contributed by atoms with van der Waals surface area (Å²) in [5, 5.41) is 3.55. The van der Waals surface area contributed by atoms with Gasteiger partial charge in [-0.1, -0.05) is 27.7 Å². The van der Waals surface area contributed by atoms with Crippen molar-refractivity contribution in [2.75, 3.05) is 19.0 Å². The highest BCUT2D eigenvalue weighted by Gasteiger charge is 2.26. The highest BCUT2D eigenvalue weighted by molar-refractivity contribution is 5.38. The summed E-state index contributed by atoms with van der Waals surface area (Å²) in [6, 6.07) is 2.27. The van der Waals surface area contributed by atoms with Crippen molar-refractivity contribution in [1.29, 1.82) is 0 Å². The molecule has 5 heteroatoms. The summed E-state index contributed by atoms with van der Waals surface area (Å²) in [4.78, 5) is 9.33. The Balaban J connectivity index is 2.22. The number of anilines is 1. The first-order valence-electron chi connectivity index (χ1n) is 8.19. The summed E-state index contributed by atoms with van der Waals surface area (Å²) in [7, 11) is 1.69. The van der Waals surface area contributed by atoms with Crippen molar-refractivity contribution in [1.82, 2.24) is 9.97 Å². The van der Waals surface area contributed by atoms with Gasteiger partial charge in [0.25, 0.3) is 0 Å². The van der Waals surface area contributed by atoms with Crippen molar-refractivity contribution in [3.05, 3.63) is 17.6 Å². The smallest absolute Gasteiger partial charge is 0.136 e. The molecule has 2 rings (SSSR count). The average Bonchev–Trinajstić information content (AvgIpc) is 2.98. The maximum absolute atomic E-state index is 5.82. The fraction of sp³-hybridized carbons (Fsp3) is 0.765. The molecule has 1 aromatic heterocycles. The van der Waals surface area contributed by atoms with Gasteiger partial charge in [0, 0.05) is 25.2 Å². The van der Waals surface area contributed by atoms with Crippen molar-refractivity contribution < 1.29 is 9.47 Å². The number of nitrogens with zero attached hydrogens (tertiary/aromatic N) is 2. The van der Waals surface area contributed by atoms with E-state index in [-0.39, 0.29) is 11.5 Å². The zero-order valence-electron chi connectivity index (χ0n) is 14.5. The van der Waals surface area contributed by atoms with E-state index in [1.807, 2.05) is 6.07 Å². The second kappa shape index (κ2) is 7.38. The fourth-order valence-corrected chi connectivity index (χ4v) is 2.70. The Labute approximate surface area is 133 Å². The van der Waals surface area contributed by atoms with E-state index in [1.54, 1.807) is 7.11 Å². The lowest BCUT2D eigenvalue weighted by Gasteiger charge is -2.25. The molecule has 2 atom stereocenters. The molecule has 5 nitrogen and oxygen atoms in total. The molecule has 0 aliphatic carbocycles. The minimum atomic E-state index is -0.0915. The van der Waals surface area contributed by atoms with Crippen molar-refractivity contribution >= 4 is 5.82 Å². The van der Waals surface area contributed by atoms with E-state index in [4.69, 9.17) is 14.5 Å². The van der Waals surface area contributed by atoms with Gasteiger partial charge in [-0.25, -0.2) is 9.97 Å². The number of nitrogens with one attached hydrogen (secondary N) is 1. The summed E-state index contributed by atoms with van der Waals surface area (Å²) in [6.45, 7) is 9.92. The Morgan fingerprint density at radius 1 is 1.41 bits per heavy atom. The minimum absolute atomic E-state index is 0.0915. The molecule has 0 bridgehead atoms. The lowest BCUT2D eigenvalue weighted by Crippen LogP contribution is -2.33. The molecule has 0 saturated carbocycles. The van der Waals surface area contributed by atoms with E-state index in [1.165, 1.54) is 0 Å². The molecular formula is C17H29N3O2. The van der Waals surface area contributed by atoms with E-state index in [9.17, 15) is 0 Å². The van der Waals surface area contributed by atoms with E-state index >= 15 is 0 Å². The second-order valence-corrected chi connectivity index (χ2v) is 6.96. The Kier molecular flexibility index (Phi) is 5.75. The standard InChI is InChI=1S/C17H29N3O2/c1-6-13(14-8-7-9-22-14)19-15-10-12(11-21-5)18-16(20-15)17(2,3)4/h10,13-14H,6-9,11H2,1-5H3,(H,18,19,20). The van der Waals surface area contributed by atoms with Crippen LogP contribution in [0.2, 0.25) is 0 Å². The Hall–Kier alpha value is -1.20. The second-order valence-electron chi connectivity index (χ2n) is 6.96. The van der Waals surface area contributed by atoms with Crippen LogP contribution in [0.25, 0.3) is 0 Å². The fourth-order valence-electron chi connectivity index (χ4n) is 2.70. The number of rotatable bonds is 6. The molecule has 0 amide bonds. The van der Waals surface area contributed by atoms with Crippen molar-refractivity contribution in [3.63, 3.8) is 0 Å². The predicted octanol–water partition coefficient (Wildman–Crippen LogP) is 3.29. The SMILES string of the molecule is CCC(Nc1cc(COC)nc(C(C)(C)C)n1)C1CCCO1. The van der Waals surface area contributed by atoms with Gasteiger partial charge >= 0.3 is 0 Å². The summed E-state index contributed by atoms with van der Waals surface area (Å²) < 4.78 is 11.1. The lowest BCUT2D eigenvalue weighted by atomic mass is 9.95. The summed E-state index contributed by atoms with van der Waals surface area (Å²) in [5.74, 6) is 1.71. The van der Waals surface area contributed by atoms with Crippen molar-refractivity contribution in [2.24, 2.45) is 0 Å². The summed E-state index contributed by atoms with van der Waals surface area (Å²) in [5.41, 5.74) is 0.818. The van der Waals surface area contributed by atoms with Gasteiger partial charge in [-0.05, 0) is 19.3 Å². The topological polar surface area (TPSA) is 56.3 Å². The number of hydrogen-bond acceptors (Lipinski definition) is 5. The van der Waals surface area contributed by atoms with Gasteiger partial charge in [-0.15, -0.1) is 0 Å². The largest absolute Gasteiger partial charge is 0.378 e. The first kappa shape index (κ1) is 17.2. The Morgan fingerprint density at radius 3 is 2.73 bits per heavy atom. The zero-order valence-corrected chi connectivity index (χ0v) is 14.5. The van der Waals surface area contributed by atoms with Gasteiger partial charge in [0.15, 0.2) is 0 Å². The third kappa shape index (κ3) is 4.40. The number of aromatic nitrogens is 2. The van der Waals surface area contributed by atoms with Gasteiger partial charge in [0.05, 0.1) is 24.4 Å². The normalized spacial score (nSPS) is 20.1. The quantitative estimate of drug-likeness (QED) is 0.874. The monoisotopic (exact) mass is 307 g/mol. The van der Waals surface area contributed by atoms with Gasteiger partial charge in [-0.3, -0.25) is 0 Å². The molecule has 124 valence electrons. The van der Waals surface area contributed by atoms with Crippen LogP contribution < -0.4 is 5.32 Å². The van der Waals surface area contributed by atoms with E-state index < -0.39 is 0 Å². The highest BCUT2D eigenvalue weighted by atomic mass is 16.5. The van der Waals surface area contributed by atoms with Crippen LogP contribution in [0.5, 0.6) is 0 Å². The van der Waals surface area contributed by atoms with E-state index in [0.29, 0.717) is 12.6 Å². The molecule has 1 fully saturated rings. The maximum atomic E-state index is 5.82.